The zero-order valence-corrected chi connectivity index (χ0v) is 14.3. The highest BCUT2D eigenvalue weighted by Crippen LogP contribution is 2.37. The van der Waals surface area contributed by atoms with Crippen LogP contribution in [0.25, 0.3) is 0 Å². The first-order chi connectivity index (χ1) is 8.65. The largest absolute Gasteiger partial charge is 0.303 e. The van der Waals surface area contributed by atoms with Gasteiger partial charge in [0.2, 0.25) is 0 Å². The van der Waals surface area contributed by atoms with Crippen molar-refractivity contribution in [1.29, 1.82) is 0 Å². The quantitative estimate of drug-likeness (QED) is 0.467. The highest BCUT2D eigenvalue weighted by molar-refractivity contribution is 9.09. The first kappa shape index (κ1) is 16.5. The van der Waals surface area contributed by atoms with Gasteiger partial charge >= 0.3 is 0 Å². The van der Waals surface area contributed by atoms with Crippen molar-refractivity contribution in [1.82, 2.24) is 4.90 Å². The smallest absolute Gasteiger partial charge is 0.0100 e. The Kier molecular flexibility index (Phi) is 7.86. The van der Waals surface area contributed by atoms with Crippen LogP contribution in [0, 0.1) is 11.3 Å². The number of alkyl halides is 1. The van der Waals surface area contributed by atoms with Gasteiger partial charge in [0.25, 0.3) is 0 Å². The molecule has 1 saturated carbocycles. The zero-order chi connectivity index (χ0) is 13.4. The lowest BCUT2D eigenvalue weighted by Gasteiger charge is -2.37. The van der Waals surface area contributed by atoms with Crippen LogP contribution in [0.2, 0.25) is 0 Å². The van der Waals surface area contributed by atoms with Gasteiger partial charge in [0.05, 0.1) is 0 Å². The van der Waals surface area contributed by atoms with Crippen molar-refractivity contribution in [2.24, 2.45) is 11.3 Å². The van der Waals surface area contributed by atoms with Crippen LogP contribution in [-0.4, -0.2) is 29.9 Å². The van der Waals surface area contributed by atoms with E-state index >= 15 is 0 Å². The van der Waals surface area contributed by atoms with Crippen molar-refractivity contribution < 1.29 is 0 Å². The molecule has 0 radical (unpaired) electrons. The number of hydrogen-bond acceptors (Lipinski definition) is 1. The van der Waals surface area contributed by atoms with E-state index in [1.807, 2.05) is 0 Å². The highest BCUT2D eigenvalue weighted by Gasteiger charge is 2.31. The van der Waals surface area contributed by atoms with Crippen molar-refractivity contribution in [3.05, 3.63) is 0 Å². The fourth-order valence-electron chi connectivity index (χ4n) is 3.16. The van der Waals surface area contributed by atoms with E-state index in [0.29, 0.717) is 5.41 Å². The number of nitrogens with zero attached hydrogens (tertiary/aromatic N) is 1. The number of hydrogen-bond donors (Lipinski definition) is 0. The molecule has 0 saturated heterocycles. The monoisotopic (exact) mass is 317 g/mol. The summed E-state index contributed by atoms with van der Waals surface area (Å²) in [6.45, 7) is 10.8. The van der Waals surface area contributed by atoms with Gasteiger partial charge in [-0.05, 0) is 30.7 Å². The third-order valence-corrected chi connectivity index (χ3v) is 5.91. The SMILES string of the molecule is CCC(C)CN(CC)CC1(CBr)CCCCCC1. The lowest BCUT2D eigenvalue weighted by molar-refractivity contribution is 0.141. The lowest BCUT2D eigenvalue weighted by Crippen LogP contribution is -2.40. The normalized spacial score (nSPS) is 21.8. The van der Waals surface area contributed by atoms with Crippen LogP contribution in [-0.2, 0) is 0 Å². The second kappa shape index (κ2) is 8.58. The van der Waals surface area contributed by atoms with E-state index in [9.17, 15) is 0 Å². The Bertz CT molecular complexity index is 209. The van der Waals surface area contributed by atoms with Crippen LogP contribution in [0.5, 0.6) is 0 Å². The summed E-state index contributed by atoms with van der Waals surface area (Å²) in [7, 11) is 0. The molecule has 1 aliphatic rings. The standard InChI is InChI=1S/C16H32BrN/c1-4-15(3)12-18(5-2)14-16(13-17)10-8-6-7-9-11-16/h15H,4-14H2,1-3H3. The van der Waals surface area contributed by atoms with Gasteiger partial charge in [0.15, 0.2) is 0 Å². The average Bonchev–Trinajstić information content (AvgIpc) is 2.64. The van der Waals surface area contributed by atoms with Crippen LogP contribution in [0.3, 0.4) is 0 Å². The molecule has 1 aliphatic carbocycles. The third kappa shape index (κ3) is 5.21. The minimum Gasteiger partial charge on any atom is -0.303 e. The molecule has 0 aromatic heterocycles. The first-order valence-electron chi connectivity index (χ1n) is 7.94. The van der Waals surface area contributed by atoms with Crippen molar-refractivity contribution in [2.45, 2.75) is 65.7 Å². The summed E-state index contributed by atoms with van der Waals surface area (Å²) >= 11 is 3.82. The summed E-state index contributed by atoms with van der Waals surface area (Å²) in [4.78, 5) is 2.70. The van der Waals surface area contributed by atoms with E-state index in [4.69, 9.17) is 0 Å². The van der Waals surface area contributed by atoms with Gasteiger partial charge in [-0.2, -0.15) is 0 Å². The maximum Gasteiger partial charge on any atom is 0.0100 e. The summed E-state index contributed by atoms with van der Waals surface area (Å²) in [6.07, 6.45) is 9.93. The third-order valence-electron chi connectivity index (χ3n) is 4.72. The van der Waals surface area contributed by atoms with Crippen molar-refractivity contribution in [3.8, 4) is 0 Å². The van der Waals surface area contributed by atoms with Gasteiger partial charge in [-0.15, -0.1) is 0 Å². The molecule has 2 heteroatoms. The van der Waals surface area contributed by atoms with Gasteiger partial charge in [-0.1, -0.05) is 68.8 Å². The van der Waals surface area contributed by atoms with E-state index in [2.05, 4.69) is 41.6 Å². The molecule has 1 atom stereocenters. The number of rotatable bonds is 7. The Morgan fingerprint density at radius 3 is 2.17 bits per heavy atom. The molecule has 0 N–H and O–H groups in total. The Morgan fingerprint density at radius 2 is 1.72 bits per heavy atom. The van der Waals surface area contributed by atoms with Crippen LogP contribution in [0.1, 0.15) is 65.7 Å². The first-order valence-corrected chi connectivity index (χ1v) is 9.06. The molecule has 1 fully saturated rings. The summed E-state index contributed by atoms with van der Waals surface area (Å²) in [5, 5.41) is 1.19. The Balaban J connectivity index is 2.57. The fourth-order valence-corrected chi connectivity index (χ4v) is 3.90. The van der Waals surface area contributed by atoms with Gasteiger partial charge in [0, 0.05) is 18.4 Å². The van der Waals surface area contributed by atoms with E-state index in [-0.39, 0.29) is 0 Å². The topological polar surface area (TPSA) is 3.24 Å². The molecule has 0 amide bonds. The molecule has 0 aromatic rings. The lowest BCUT2D eigenvalue weighted by atomic mass is 9.81. The van der Waals surface area contributed by atoms with Gasteiger partial charge < -0.3 is 4.90 Å². The highest BCUT2D eigenvalue weighted by atomic mass is 79.9. The van der Waals surface area contributed by atoms with Crippen LogP contribution in [0.4, 0.5) is 0 Å². The van der Waals surface area contributed by atoms with E-state index < -0.39 is 0 Å². The zero-order valence-electron chi connectivity index (χ0n) is 12.7. The molecular weight excluding hydrogens is 286 g/mol. The second-order valence-corrected chi connectivity index (χ2v) is 6.95. The molecule has 1 rings (SSSR count). The van der Waals surface area contributed by atoms with Gasteiger partial charge in [-0.25, -0.2) is 0 Å². The predicted octanol–water partition coefficient (Wildman–Crippen LogP) is 5.09. The molecule has 0 aromatic carbocycles. The average molecular weight is 318 g/mol. The maximum atomic E-state index is 3.82. The second-order valence-electron chi connectivity index (χ2n) is 6.39. The maximum absolute atomic E-state index is 3.82. The minimum atomic E-state index is 0.556. The summed E-state index contributed by atoms with van der Waals surface area (Å²) in [5.74, 6) is 0.836. The molecular formula is C16H32BrN. The van der Waals surface area contributed by atoms with Crippen molar-refractivity contribution in [2.75, 3.05) is 25.0 Å². The van der Waals surface area contributed by atoms with E-state index in [1.54, 1.807) is 0 Å². The van der Waals surface area contributed by atoms with Gasteiger partial charge in [0.1, 0.15) is 0 Å². The van der Waals surface area contributed by atoms with E-state index in [1.165, 1.54) is 69.9 Å². The molecule has 0 bridgehead atoms. The summed E-state index contributed by atoms with van der Waals surface area (Å²) < 4.78 is 0. The van der Waals surface area contributed by atoms with Gasteiger partial charge in [-0.3, -0.25) is 0 Å². The molecule has 0 spiro atoms. The van der Waals surface area contributed by atoms with Crippen LogP contribution in [0.15, 0.2) is 0 Å². The van der Waals surface area contributed by atoms with Crippen LogP contribution >= 0.6 is 15.9 Å². The van der Waals surface area contributed by atoms with Crippen molar-refractivity contribution >= 4 is 15.9 Å². The number of halogens is 1. The molecule has 1 unspecified atom stereocenters. The molecule has 18 heavy (non-hydrogen) atoms. The summed E-state index contributed by atoms with van der Waals surface area (Å²) in [6, 6.07) is 0. The molecule has 108 valence electrons. The molecule has 1 nitrogen and oxygen atoms in total. The fraction of sp³-hybridized carbons (Fsp3) is 1.00. The molecule has 0 heterocycles. The Hall–Kier alpha value is 0.440. The van der Waals surface area contributed by atoms with Crippen molar-refractivity contribution in [3.63, 3.8) is 0 Å². The summed E-state index contributed by atoms with van der Waals surface area (Å²) in [5.41, 5.74) is 0.556. The Labute approximate surface area is 123 Å². The van der Waals surface area contributed by atoms with E-state index in [0.717, 1.165) is 5.92 Å². The predicted molar refractivity (Wildman–Crippen MR) is 85.5 cm³/mol. The minimum absolute atomic E-state index is 0.556. The molecule has 0 aliphatic heterocycles. The Morgan fingerprint density at radius 1 is 1.11 bits per heavy atom. The van der Waals surface area contributed by atoms with Crippen LogP contribution < -0.4 is 0 Å².